The fraction of sp³-hybridized carbons (Fsp3) is 0.100. The summed E-state index contributed by atoms with van der Waals surface area (Å²) in [6, 6.07) is 5.61. The number of benzene rings is 1. The molecule has 0 heterocycles. The van der Waals surface area contributed by atoms with Gasteiger partial charge in [-0.1, -0.05) is 24.8 Å². The first-order chi connectivity index (χ1) is 7.38. The van der Waals surface area contributed by atoms with E-state index in [-0.39, 0.29) is 16.0 Å². The average Bonchev–Trinajstić information content (AvgIpc) is 2.26. The van der Waals surface area contributed by atoms with Gasteiger partial charge in [0, 0.05) is 18.2 Å². The lowest BCUT2D eigenvalue weighted by Crippen LogP contribution is -2.19. The topological polar surface area (TPSA) is 83.5 Å². The Labute approximate surface area is 93.5 Å². The van der Waals surface area contributed by atoms with E-state index in [9.17, 15) is 13.2 Å². The van der Waals surface area contributed by atoms with Crippen molar-refractivity contribution < 1.29 is 17.8 Å². The van der Waals surface area contributed by atoms with E-state index in [0.29, 0.717) is 0 Å². The van der Waals surface area contributed by atoms with Crippen molar-refractivity contribution in [1.29, 1.82) is 0 Å². The maximum atomic E-state index is 11.3. The SMILES string of the molecule is C=C(C(=O)NC)c1ccccc1S(=O)(=O)O. The lowest BCUT2D eigenvalue weighted by molar-refractivity contribution is -0.115. The van der Waals surface area contributed by atoms with Crippen molar-refractivity contribution in [3.63, 3.8) is 0 Å². The molecule has 0 radical (unpaired) electrons. The molecular formula is C10H11NO4S. The van der Waals surface area contributed by atoms with Crippen LogP contribution in [0, 0.1) is 0 Å². The highest BCUT2D eigenvalue weighted by Crippen LogP contribution is 2.21. The highest BCUT2D eigenvalue weighted by atomic mass is 32.2. The van der Waals surface area contributed by atoms with E-state index in [1.54, 1.807) is 6.07 Å². The predicted molar refractivity (Wildman–Crippen MR) is 59.4 cm³/mol. The molecule has 0 saturated heterocycles. The highest BCUT2D eigenvalue weighted by Gasteiger charge is 2.19. The third-order valence-electron chi connectivity index (χ3n) is 1.99. The Hall–Kier alpha value is -1.66. The first-order valence-electron chi connectivity index (χ1n) is 4.36. The molecule has 1 aromatic rings. The van der Waals surface area contributed by atoms with Gasteiger partial charge in [0.1, 0.15) is 4.90 Å². The van der Waals surface area contributed by atoms with Crippen LogP contribution in [-0.2, 0) is 14.9 Å². The van der Waals surface area contributed by atoms with Crippen molar-refractivity contribution in [2.45, 2.75) is 4.90 Å². The average molecular weight is 241 g/mol. The number of hydrogen-bond acceptors (Lipinski definition) is 3. The van der Waals surface area contributed by atoms with E-state index in [1.807, 2.05) is 0 Å². The van der Waals surface area contributed by atoms with Crippen molar-refractivity contribution in [3.05, 3.63) is 36.4 Å². The zero-order valence-corrected chi connectivity index (χ0v) is 9.41. The summed E-state index contributed by atoms with van der Waals surface area (Å²) in [6.07, 6.45) is 0. The number of carbonyl (C=O) groups excluding carboxylic acids is 1. The molecule has 1 aromatic carbocycles. The Morgan fingerprint density at radius 2 is 1.94 bits per heavy atom. The second-order valence-corrected chi connectivity index (χ2v) is 4.42. The number of amides is 1. The third kappa shape index (κ3) is 2.47. The van der Waals surface area contributed by atoms with Gasteiger partial charge in [0.25, 0.3) is 16.0 Å². The van der Waals surface area contributed by atoms with Crippen molar-refractivity contribution in [2.75, 3.05) is 7.05 Å². The van der Waals surface area contributed by atoms with Crippen LogP contribution in [0.4, 0.5) is 0 Å². The standard InChI is InChI=1S/C10H11NO4S/c1-7(10(12)11-2)8-5-3-4-6-9(8)16(13,14)15/h3-6H,1H2,2H3,(H,11,12)(H,13,14,15). The minimum Gasteiger partial charge on any atom is -0.355 e. The summed E-state index contributed by atoms with van der Waals surface area (Å²) in [7, 11) is -2.95. The molecule has 0 spiro atoms. The molecule has 2 N–H and O–H groups in total. The van der Waals surface area contributed by atoms with Crippen LogP contribution >= 0.6 is 0 Å². The van der Waals surface area contributed by atoms with Gasteiger partial charge in [0.05, 0.1) is 0 Å². The van der Waals surface area contributed by atoms with Gasteiger partial charge in [0.2, 0.25) is 0 Å². The van der Waals surface area contributed by atoms with Crippen LogP contribution < -0.4 is 5.32 Å². The Morgan fingerprint density at radius 1 is 1.38 bits per heavy atom. The van der Waals surface area contributed by atoms with Gasteiger partial charge in [-0.2, -0.15) is 8.42 Å². The van der Waals surface area contributed by atoms with Gasteiger partial charge < -0.3 is 5.32 Å². The smallest absolute Gasteiger partial charge is 0.295 e. The number of nitrogens with one attached hydrogen (secondary N) is 1. The summed E-state index contributed by atoms with van der Waals surface area (Å²) in [6.45, 7) is 3.48. The van der Waals surface area contributed by atoms with Gasteiger partial charge in [-0.3, -0.25) is 9.35 Å². The van der Waals surface area contributed by atoms with Crippen molar-refractivity contribution >= 4 is 21.6 Å². The molecule has 0 aliphatic heterocycles. The van der Waals surface area contributed by atoms with E-state index in [2.05, 4.69) is 11.9 Å². The van der Waals surface area contributed by atoms with E-state index >= 15 is 0 Å². The van der Waals surface area contributed by atoms with Crippen LogP contribution in [-0.4, -0.2) is 25.9 Å². The van der Waals surface area contributed by atoms with E-state index in [4.69, 9.17) is 4.55 Å². The second-order valence-electron chi connectivity index (χ2n) is 3.03. The predicted octanol–water partition coefficient (Wildman–Crippen LogP) is 0.693. The molecule has 0 aromatic heterocycles. The quantitative estimate of drug-likeness (QED) is 0.602. The largest absolute Gasteiger partial charge is 0.355 e. The summed E-state index contributed by atoms with van der Waals surface area (Å²) in [5, 5.41) is 2.33. The zero-order chi connectivity index (χ0) is 12.3. The van der Waals surface area contributed by atoms with Gasteiger partial charge in [-0.15, -0.1) is 0 Å². The van der Waals surface area contributed by atoms with Crippen molar-refractivity contribution in [2.24, 2.45) is 0 Å². The van der Waals surface area contributed by atoms with Gasteiger partial charge in [0.15, 0.2) is 0 Å². The van der Waals surface area contributed by atoms with Gasteiger partial charge >= 0.3 is 0 Å². The molecule has 0 aliphatic rings. The molecule has 0 bridgehead atoms. The van der Waals surface area contributed by atoms with E-state index in [0.717, 1.165) is 0 Å². The summed E-state index contributed by atoms with van der Waals surface area (Å²) in [5.74, 6) is -0.504. The molecule has 0 fully saturated rings. The van der Waals surface area contributed by atoms with Crippen LogP contribution in [0.2, 0.25) is 0 Å². The van der Waals surface area contributed by atoms with Crippen molar-refractivity contribution in [3.8, 4) is 0 Å². The molecule has 0 atom stereocenters. The highest BCUT2D eigenvalue weighted by molar-refractivity contribution is 7.86. The Bertz CT molecular complexity index is 534. The summed E-state index contributed by atoms with van der Waals surface area (Å²) in [4.78, 5) is 11.0. The fourth-order valence-electron chi connectivity index (χ4n) is 1.21. The summed E-state index contributed by atoms with van der Waals surface area (Å²) < 4.78 is 31.1. The first kappa shape index (κ1) is 12.4. The maximum Gasteiger partial charge on any atom is 0.295 e. The summed E-state index contributed by atoms with van der Waals surface area (Å²) >= 11 is 0. The first-order valence-corrected chi connectivity index (χ1v) is 5.80. The monoisotopic (exact) mass is 241 g/mol. The normalized spacial score (nSPS) is 10.9. The number of carbonyl (C=O) groups is 1. The molecule has 0 aliphatic carbocycles. The molecule has 5 nitrogen and oxygen atoms in total. The molecule has 0 saturated carbocycles. The lowest BCUT2D eigenvalue weighted by atomic mass is 10.1. The Morgan fingerprint density at radius 3 is 2.44 bits per heavy atom. The molecule has 86 valence electrons. The fourth-order valence-corrected chi connectivity index (χ4v) is 1.93. The van der Waals surface area contributed by atoms with Crippen LogP contribution in [0.3, 0.4) is 0 Å². The maximum absolute atomic E-state index is 11.3. The second kappa shape index (κ2) is 4.46. The van der Waals surface area contributed by atoms with Crippen LogP contribution in [0.25, 0.3) is 5.57 Å². The molecule has 0 unspecified atom stereocenters. The van der Waals surface area contributed by atoms with Crippen LogP contribution in [0.15, 0.2) is 35.7 Å². The molecule has 6 heteroatoms. The summed E-state index contributed by atoms with van der Waals surface area (Å²) in [5.41, 5.74) is 0.0695. The molecule has 1 rings (SSSR count). The van der Waals surface area contributed by atoms with Crippen LogP contribution in [0.5, 0.6) is 0 Å². The van der Waals surface area contributed by atoms with Gasteiger partial charge in [-0.25, -0.2) is 0 Å². The van der Waals surface area contributed by atoms with Crippen LogP contribution in [0.1, 0.15) is 5.56 Å². The van der Waals surface area contributed by atoms with E-state index < -0.39 is 16.0 Å². The number of likely N-dealkylation sites (N-methyl/N-ethyl adjacent to an activating group) is 1. The third-order valence-corrected chi connectivity index (χ3v) is 2.90. The molecule has 16 heavy (non-hydrogen) atoms. The molecular weight excluding hydrogens is 230 g/mol. The number of rotatable bonds is 3. The van der Waals surface area contributed by atoms with E-state index in [1.165, 1.54) is 25.2 Å². The molecule has 1 amide bonds. The zero-order valence-electron chi connectivity index (χ0n) is 8.60. The minimum atomic E-state index is -4.36. The lowest BCUT2D eigenvalue weighted by Gasteiger charge is -2.08. The van der Waals surface area contributed by atoms with Gasteiger partial charge in [-0.05, 0) is 6.07 Å². The Balaban J connectivity index is 3.36. The number of hydrogen-bond donors (Lipinski definition) is 2. The Kier molecular flexibility index (Phi) is 3.46. The minimum absolute atomic E-state index is 0.0178. The van der Waals surface area contributed by atoms with Crippen molar-refractivity contribution in [1.82, 2.24) is 5.32 Å².